The van der Waals surface area contributed by atoms with Crippen molar-refractivity contribution in [2.75, 3.05) is 19.5 Å². The van der Waals surface area contributed by atoms with Gasteiger partial charge in [-0.3, -0.25) is 4.79 Å². The van der Waals surface area contributed by atoms with E-state index in [4.69, 9.17) is 15.2 Å². The van der Waals surface area contributed by atoms with E-state index in [9.17, 15) is 4.79 Å². The molecule has 0 atom stereocenters. The zero-order valence-corrected chi connectivity index (χ0v) is 13.4. The van der Waals surface area contributed by atoms with E-state index in [2.05, 4.69) is 15.9 Å². The van der Waals surface area contributed by atoms with Crippen LogP contribution in [0, 0.1) is 0 Å². The number of nitrogen functional groups attached to an aromatic ring is 1. The van der Waals surface area contributed by atoms with E-state index in [0.717, 1.165) is 4.47 Å². The maximum absolute atomic E-state index is 12.6. The number of ether oxygens (including phenoxy) is 2. The molecular formula is C16H16BrNO3. The summed E-state index contributed by atoms with van der Waals surface area (Å²) >= 11 is 3.41. The lowest BCUT2D eigenvalue weighted by Crippen LogP contribution is -2.05. The van der Waals surface area contributed by atoms with Gasteiger partial charge in [-0.25, -0.2) is 0 Å². The van der Waals surface area contributed by atoms with Gasteiger partial charge in [0, 0.05) is 17.3 Å². The molecule has 2 rings (SSSR count). The number of rotatable bonds is 5. The highest BCUT2D eigenvalue weighted by atomic mass is 79.9. The van der Waals surface area contributed by atoms with E-state index in [0.29, 0.717) is 34.9 Å². The standard InChI is InChI=1S/C16H16BrNO3/c1-3-21-14-7-4-10(8-13(14)17)16(19)12-6-5-11(18)9-15(12)20-2/h4-9H,3,18H2,1-2H3. The van der Waals surface area contributed by atoms with Crippen LogP contribution in [0.2, 0.25) is 0 Å². The zero-order chi connectivity index (χ0) is 15.4. The lowest BCUT2D eigenvalue weighted by molar-refractivity contribution is 0.103. The lowest BCUT2D eigenvalue weighted by Gasteiger charge is -2.10. The Kier molecular flexibility index (Phi) is 4.85. The molecule has 0 aromatic heterocycles. The van der Waals surface area contributed by atoms with Gasteiger partial charge in [-0.2, -0.15) is 0 Å². The predicted octanol–water partition coefficient (Wildman–Crippen LogP) is 3.67. The maximum atomic E-state index is 12.6. The molecular weight excluding hydrogens is 334 g/mol. The smallest absolute Gasteiger partial charge is 0.196 e. The van der Waals surface area contributed by atoms with Gasteiger partial charge in [0.1, 0.15) is 11.5 Å². The number of benzene rings is 2. The first-order chi connectivity index (χ1) is 10.1. The van der Waals surface area contributed by atoms with Gasteiger partial charge >= 0.3 is 0 Å². The van der Waals surface area contributed by atoms with Crippen LogP contribution in [0.4, 0.5) is 5.69 Å². The molecule has 5 heteroatoms. The number of carbonyl (C=O) groups excluding carboxylic acids is 1. The van der Waals surface area contributed by atoms with Gasteiger partial charge in [0.2, 0.25) is 0 Å². The van der Waals surface area contributed by atoms with Crippen molar-refractivity contribution in [3.63, 3.8) is 0 Å². The number of hydrogen-bond donors (Lipinski definition) is 1. The second-order valence-corrected chi connectivity index (χ2v) is 5.22. The van der Waals surface area contributed by atoms with Crippen LogP contribution in [0.25, 0.3) is 0 Å². The van der Waals surface area contributed by atoms with Crippen molar-refractivity contribution in [3.05, 3.63) is 52.0 Å². The maximum Gasteiger partial charge on any atom is 0.196 e. The van der Waals surface area contributed by atoms with E-state index in [-0.39, 0.29) is 5.78 Å². The molecule has 0 amide bonds. The molecule has 0 fully saturated rings. The van der Waals surface area contributed by atoms with Crippen molar-refractivity contribution in [2.45, 2.75) is 6.92 Å². The number of anilines is 1. The van der Waals surface area contributed by atoms with Crippen LogP contribution < -0.4 is 15.2 Å². The normalized spacial score (nSPS) is 10.2. The number of ketones is 1. The highest BCUT2D eigenvalue weighted by molar-refractivity contribution is 9.10. The third-order valence-corrected chi connectivity index (χ3v) is 3.58. The molecule has 110 valence electrons. The van der Waals surface area contributed by atoms with Crippen molar-refractivity contribution in [1.29, 1.82) is 0 Å². The Labute approximate surface area is 132 Å². The van der Waals surface area contributed by atoms with Gasteiger partial charge < -0.3 is 15.2 Å². The third-order valence-electron chi connectivity index (χ3n) is 2.96. The van der Waals surface area contributed by atoms with Gasteiger partial charge in [0.25, 0.3) is 0 Å². The van der Waals surface area contributed by atoms with Crippen LogP contribution in [0.1, 0.15) is 22.8 Å². The average Bonchev–Trinajstić information content (AvgIpc) is 2.48. The highest BCUT2D eigenvalue weighted by Gasteiger charge is 2.16. The molecule has 2 aromatic rings. The summed E-state index contributed by atoms with van der Waals surface area (Å²) in [6.07, 6.45) is 0. The number of nitrogens with two attached hydrogens (primary N) is 1. The lowest BCUT2D eigenvalue weighted by atomic mass is 10.0. The van der Waals surface area contributed by atoms with Gasteiger partial charge in [-0.15, -0.1) is 0 Å². The number of methoxy groups -OCH3 is 1. The SMILES string of the molecule is CCOc1ccc(C(=O)c2ccc(N)cc2OC)cc1Br. The summed E-state index contributed by atoms with van der Waals surface area (Å²) in [6, 6.07) is 10.2. The average molecular weight is 350 g/mol. The third kappa shape index (κ3) is 3.36. The molecule has 0 spiro atoms. The summed E-state index contributed by atoms with van der Waals surface area (Å²) in [7, 11) is 1.51. The van der Waals surface area contributed by atoms with Crippen LogP contribution in [0.3, 0.4) is 0 Å². The van der Waals surface area contributed by atoms with E-state index < -0.39 is 0 Å². The first-order valence-corrected chi connectivity index (χ1v) is 7.26. The predicted molar refractivity (Wildman–Crippen MR) is 86.1 cm³/mol. The number of halogens is 1. The van der Waals surface area contributed by atoms with E-state index in [1.54, 1.807) is 36.4 Å². The zero-order valence-electron chi connectivity index (χ0n) is 11.9. The summed E-state index contributed by atoms with van der Waals surface area (Å²) in [5.41, 5.74) is 7.28. The van der Waals surface area contributed by atoms with Crippen molar-refractivity contribution in [2.24, 2.45) is 0 Å². The van der Waals surface area contributed by atoms with Gasteiger partial charge in [0.05, 0.1) is 23.8 Å². The van der Waals surface area contributed by atoms with Crippen LogP contribution in [0.5, 0.6) is 11.5 Å². The Morgan fingerprint density at radius 1 is 1.19 bits per heavy atom. The second-order valence-electron chi connectivity index (χ2n) is 4.37. The monoisotopic (exact) mass is 349 g/mol. The fourth-order valence-electron chi connectivity index (χ4n) is 1.97. The number of hydrogen-bond acceptors (Lipinski definition) is 4. The Balaban J connectivity index is 2.38. The summed E-state index contributed by atoms with van der Waals surface area (Å²) in [5.74, 6) is 1.04. The highest BCUT2D eigenvalue weighted by Crippen LogP contribution is 2.29. The first kappa shape index (κ1) is 15.4. The van der Waals surface area contributed by atoms with Crippen molar-refractivity contribution in [3.8, 4) is 11.5 Å². The second kappa shape index (κ2) is 6.63. The van der Waals surface area contributed by atoms with Crippen LogP contribution >= 0.6 is 15.9 Å². The Hall–Kier alpha value is -2.01. The van der Waals surface area contributed by atoms with E-state index in [1.165, 1.54) is 7.11 Å². The first-order valence-electron chi connectivity index (χ1n) is 6.47. The summed E-state index contributed by atoms with van der Waals surface area (Å²) in [5, 5.41) is 0. The minimum Gasteiger partial charge on any atom is -0.496 e. The molecule has 0 aliphatic heterocycles. The topological polar surface area (TPSA) is 61.5 Å². The Morgan fingerprint density at radius 3 is 2.57 bits per heavy atom. The van der Waals surface area contributed by atoms with Gasteiger partial charge in [0.15, 0.2) is 5.78 Å². The van der Waals surface area contributed by atoms with Crippen LogP contribution in [-0.4, -0.2) is 19.5 Å². The van der Waals surface area contributed by atoms with E-state index in [1.807, 2.05) is 6.92 Å². The van der Waals surface area contributed by atoms with Crippen molar-refractivity contribution < 1.29 is 14.3 Å². The molecule has 2 N–H and O–H groups in total. The molecule has 0 bridgehead atoms. The van der Waals surface area contributed by atoms with E-state index >= 15 is 0 Å². The fraction of sp³-hybridized carbons (Fsp3) is 0.188. The Bertz CT molecular complexity index is 671. The minimum atomic E-state index is -0.129. The molecule has 0 unspecified atom stereocenters. The largest absolute Gasteiger partial charge is 0.496 e. The number of carbonyl (C=O) groups is 1. The van der Waals surface area contributed by atoms with Gasteiger partial charge in [-0.05, 0) is 53.2 Å². The fourth-order valence-corrected chi connectivity index (χ4v) is 2.46. The Morgan fingerprint density at radius 2 is 1.95 bits per heavy atom. The van der Waals surface area contributed by atoms with Gasteiger partial charge in [-0.1, -0.05) is 0 Å². The summed E-state index contributed by atoms with van der Waals surface area (Å²) < 4.78 is 11.4. The molecule has 0 saturated carbocycles. The molecule has 0 radical (unpaired) electrons. The summed E-state index contributed by atoms with van der Waals surface area (Å²) in [6.45, 7) is 2.47. The molecule has 4 nitrogen and oxygen atoms in total. The molecule has 0 aliphatic rings. The van der Waals surface area contributed by atoms with Crippen LogP contribution in [-0.2, 0) is 0 Å². The summed E-state index contributed by atoms with van der Waals surface area (Å²) in [4.78, 5) is 12.6. The molecule has 2 aromatic carbocycles. The van der Waals surface area contributed by atoms with Crippen molar-refractivity contribution >= 4 is 27.4 Å². The molecule has 21 heavy (non-hydrogen) atoms. The minimum absolute atomic E-state index is 0.129. The van der Waals surface area contributed by atoms with Crippen LogP contribution in [0.15, 0.2) is 40.9 Å². The quantitative estimate of drug-likeness (QED) is 0.660. The molecule has 0 heterocycles. The van der Waals surface area contributed by atoms with Crippen molar-refractivity contribution in [1.82, 2.24) is 0 Å². The molecule has 0 aliphatic carbocycles. The molecule has 0 saturated heterocycles.